The predicted molar refractivity (Wildman–Crippen MR) is 75.4 cm³/mol. The molecule has 1 N–H and O–H groups in total. The highest BCUT2D eigenvalue weighted by Gasteiger charge is 2.10. The van der Waals surface area contributed by atoms with Gasteiger partial charge in [0.2, 0.25) is 0 Å². The van der Waals surface area contributed by atoms with E-state index >= 15 is 0 Å². The summed E-state index contributed by atoms with van der Waals surface area (Å²) in [6, 6.07) is 8.81. The molecule has 0 aliphatic heterocycles. The van der Waals surface area contributed by atoms with Crippen LogP contribution in [0.15, 0.2) is 34.9 Å². The van der Waals surface area contributed by atoms with Crippen molar-refractivity contribution in [3.63, 3.8) is 0 Å². The molecule has 0 amide bonds. The average molecular weight is 309 g/mol. The Bertz CT molecular complexity index is 492. The molecule has 0 bridgehead atoms. The number of aryl methyl sites for hydroxylation is 1. The lowest BCUT2D eigenvalue weighted by Gasteiger charge is -2.14. The monoisotopic (exact) mass is 308 g/mol. The first-order chi connectivity index (χ1) is 8.67. The zero-order chi connectivity index (χ0) is 13.0. The fourth-order valence-electron chi connectivity index (χ4n) is 1.92. The van der Waals surface area contributed by atoms with Crippen molar-refractivity contribution in [3.05, 3.63) is 46.2 Å². The van der Waals surface area contributed by atoms with Crippen molar-refractivity contribution in [3.8, 4) is 0 Å². The summed E-state index contributed by atoms with van der Waals surface area (Å²) in [5, 5.41) is 11.4. The molecule has 0 saturated heterocycles. The van der Waals surface area contributed by atoms with Gasteiger partial charge in [0.15, 0.2) is 0 Å². The first kappa shape index (κ1) is 13.2. The molecule has 5 heteroatoms. The summed E-state index contributed by atoms with van der Waals surface area (Å²) >= 11 is 3.45. The van der Waals surface area contributed by atoms with Crippen LogP contribution in [0.1, 0.15) is 11.3 Å². The Labute approximate surface area is 116 Å². The van der Waals surface area contributed by atoms with E-state index < -0.39 is 0 Å². The highest BCUT2D eigenvalue weighted by Crippen LogP contribution is 2.13. The number of rotatable bonds is 5. The van der Waals surface area contributed by atoms with Crippen LogP contribution in [-0.2, 0) is 19.9 Å². The molecule has 0 radical (unpaired) electrons. The Balaban J connectivity index is 1.99. The molecule has 96 valence electrons. The highest BCUT2D eigenvalue weighted by atomic mass is 79.9. The van der Waals surface area contributed by atoms with Crippen LogP contribution in [0.4, 0.5) is 0 Å². The summed E-state index contributed by atoms with van der Waals surface area (Å²) in [6.07, 6.45) is 3.84. The van der Waals surface area contributed by atoms with Gasteiger partial charge in [0.1, 0.15) is 0 Å². The third-order valence-corrected chi connectivity index (χ3v) is 3.44. The molecule has 1 heterocycles. The molecular formula is C13H17BrN4. The molecule has 4 nitrogen and oxygen atoms in total. The Morgan fingerprint density at radius 1 is 1.28 bits per heavy atom. The standard InChI is InChI=1S/C13H17BrN4/c1-15-12(8-13-9-18(2)17-16-13)7-10-3-5-11(14)6-4-10/h3-6,9,12,15H,7-8H2,1-2H3. The molecule has 2 rings (SSSR count). The number of likely N-dealkylation sites (N-methyl/N-ethyl adjacent to an activating group) is 1. The van der Waals surface area contributed by atoms with Crippen molar-refractivity contribution < 1.29 is 0 Å². The Morgan fingerprint density at radius 2 is 2.00 bits per heavy atom. The van der Waals surface area contributed by atoms with E-state index in [9.17, 15) is 0 Å². The second-order valence-corrected chi connectivity index (χ2v) is 5.32. The van der Waals surface area contributed by atoms with Crippen molar-refractivity contribution in [2.75, 3.05) is 7.05 Å². The van der Waals surface area contributed by atoms with E-state index in [1.165, 1.54) is 5.56 Å². The summed E-state index contributed by atoms with van der Waals surface area (Å²) in [6.45, 7) is 0. The Hall–Kier alpha value is -1.20. The van der Waals surface area contributed by atoms with Crippen molar-refractivity contribution in [2.24, 2.45) is 7.05 Å². The van der Waals surface area contributed by atoms with Gasteiger partial charge in [-0.15, -0.1) is 5.10 Å². The summed E-state index contributed by atoms with van der Waals surface area (Å²) < 4.78 is 2.85. The summed E-state index contributed by atoms with van der Waals surface area (Å²) in [4.78, 5) is 0. The molecule has 0 spiro atoms. The van der Waals surface area contributed by atoms with E-state index in [1.807, 2.05) is 20.3 Å². The maximum absolute atomic E-state index is 4.12. The summed E-state index contributed by atoms with van der Waals surface area (Å²) in [5.41, 5.74) is 2.34. The number of benzene rings is 1. The minimum atomic E-state index is 0.378. The van der Waals surface area contributed by atoms with Gasteiger partial charge < -0.3 is 5.32 Å². The molecule has 1 aromatic carbocycles. The topological polar surface area (TPSA) is 42.7 Å². The van der Waals surface area contributed by atoms with Crippen molar-refractivity contribution in [1.82, 2.24) is 20.3 Å². The highest BCUT2D eigenvalue weighted by molar-refractivity contribution is 9.10. The molecular weight excluding hydrogens is 292 g/mol. The zero-order valence-electron chi connectivity index (χ0n) is 10.6. The zero-order valence-corrected chi connectivity index (χ0v) is 12.2. The number of nitrogens with one attached hydrogen (secondary N) is 1. The van der Waals surface area contributed by atoms with Crippen LogP contribution in [0, 0.1) is 0 Å². The molecule has 1 aromatic heterocycles. The van der Waals surface area contributed by atoms with Crippen LogP contribution in [0.5, 0.6) is 0 Å². The van der Waals surface area contributed by atoms with Crippen molar-refractivity contribution in [2.45, 2.75) is 18.9 Å². The van der Waals surface area contributed by atoms with Gasteiger partial charge in [-0.2, -0.15) is 0 Å². The van der Waals surface area contributed by atoms with Gasteiger partial charge in [-0.3, -0.25) is 4.68 Å². The van der Waals surface area contributed by atoms with Gasteiger partial charge in [0.05, 0.1) is 5.69 Å². The lowest BCUT2D eigenvalue weighted by molar-refractivity contribution is 0.549. The lowest BCUT2D eigenvalue weighted by Crippen LogP contribution is -2.30. The van der Waals surface area contributed by atoms with Gasteiger partial charge >= 0.3 is 0 Å². The molecule has 2 aromatic rings. The van der Waals surface area contributed by atoms with E-state index in [4.69, 9.17) is 0 Å². The van der Waals surface area contributed by atoms with Crippen LogP contribution < -0.4 is 5.32 Å². The molecule has 0 saturated carbocycles. The van der Waals surface area contributed by atoms with Crippen molar-refractivity contribution in [1.29, 1.82) is 0 Å². The van der Waals surface area contributed by atoms with Crippen LogP contribution in [0.3, 0.4) is 0 Å². The van der Waals surface area contributed by atoms with Crippen molar-refractivity contribution >= 4 is 15.9 Å². The minimum Gasteiger partial charge on any atom is -0.316 e. The third-order valence-electron chi connectivity index (χ3n) is 2.91. The number of hydrogen-bond acceptors (Lipinski definition) is 3. The van der Waals surface area contributed by atoms with Gasteiger partial charge in [-0.25, -0.2) is 0 Å². The molecule has 0 aliphatic carbocycles. The minimum absolute atomic E-state index is 0.378. The second-order valence-electron chi connectivity index (χ2n) is 4.40. The van der Waals surface area contributed by atoms with E-state index in [0.29, 0.717) is 6.04 Å². The van der Waals surface area contributed by atoms with E-state index in [0.717, 1.165) is 23.0 Å². The number of halogens is 1. The molecule has 1 atom stereocenters. The smallest absolute Gasteiger partial charge is 0.0842 e. The predicted octanol–water partition coefficient (Wildman–Crippen LogP) is 1.95. The fourth-order valence-corrected chi connectivity index (χ4v) is 2.19. The quantitative estimate of drug-likeness (QED) is 0.918. The van der Waals surface area contributed by atoms with Gasteiger partial charge in [0.25, 0.3) is 0 Å². The van der Waals surface area contributed by atoms with Crippen LogP contribution >= 0.6 is 15.9 Å². The second kappa shape index (κ2) is 6.11. The summed E-state index contributed by atoms with van der Waals surface area (Å²) in [5.74, 6) is 0. The normalized spacial score (nSPS) is 12.6. The first-order valence-electron chi connectivity index (χ1n) is 5.94. The summed E-state index contributed by atoms with van der Waals surface area (Å²) in [7, 11) is 3.87. The lowest BCUT2D eigenvalue weighted by atomic mass is 10.0. The number of aromatic nitrogens is 3. The molecule has 0 aliphatic rings. The molecule has 1 unspecified atom stereocenters. The van der Waals surface area contributed by atoms with E-state index in [2.05, 4.69) is 55.8 Å². The Kier molecular flexibility index (Phi) is 4.49. The number of nitrogens with zero attached hydrogens (tertiary/aromatic N) is 3. The average Bonchev–Trinajstić information content (AvgIpc) is 2.77. The SMILES string of the molecule is CNC(Cc1ccc(Br)cc1)Cc1cn(C)nn1. The van der Waals surface area contributed by atoms with Crippen LogP contribution in [0.2, 0.25) is 0 Å². The van der Waals surface area contributed by atoms with Crippen LogP contribution in [-0.4, -0.2) is 28.1 Å². The van der Waals surface area contributed by atoms with Gasteiger partial charge in [-0.1, -0.05) is 33.3 Å². The molecule has 18 heavy (non-hydrogen) atoms. The third kappa shape index (κ3) is 3.65. The maximum Gasteiger partial charge on any atom is 0.0842 e. The number of hydrogen-bond donors (Lipinski definition) is 1. The van der Waals surface area contributed by atoms with Crippen LogP contribution in [0.25, 0.3) is 0 Å². The Morgan fingerprint density at radius 3 is 2.56 bits per heavy atom. The van der Waals surface area contributed by atoms with Gasteiger partial charge in [0, 0.05) is 30.2 Å². The van der Waals surface area contributed by atoms with E-state index in [-0.39, 0.29) is 0 Å². The largest absolute Gasteiger partial charge is 0.316 e. The first-order valence-corrected chi connectivity index (χ1v) is 6.73. The van der Waals surface area contributed by atoms with E-state index in [1.54, 1.807) is 4.68 Å². The van der Waals surface area contributed by atoms with Gasteiger partial charge in [-0.05, 0) is 31.2 Å². The molecule has 0 fully saturated rings. The maximum atomic E-state index is 4.12. The fraction of sp³-hybridized carbons (Fsp3) is 0.385.